The van der Waals surface area contributed by atoms with Gasteiger partial charge in [-0.25, -0.2) is 0 Å². The summed E-state index contributed by atoms with van der Waals surface area (Å²) in [6, 6.07) is 1.98. The number of halogens is 1. The Morgan fingerprint density at radius 3 is 2.83 bits per heavy atom. The quantitative estimate of drug-likeness (QED) is 0.611. The molecule has 2 heterocycles. The first kappa shape index (κ1) is 18.3. The molecular formula is C16H26ClN7. The van der Waals surface area contributed by atoms with E-state index >= 15 is 0 Å². The Morgan fingerprint density at radius 1 is 1.42 bits per heavy atom. The van der Waals surface area contributed by atoms with Gasteiger partial charge < -0.3 is 19.4 Å². The van der Waals surface area contributed by atoms with Gasteiger partial charge in [0.15, 0.2) is 5.96 Å². The van der Waals surface area contributed by atoms with Crippen molar-refractivity contribution in [1.29, 1.82) is 0 Å². The number of guanidine groups is 1. The molecule has 2 aromatic heterocycles. The maximum Gasteiger partial charge on any atom is 0.194 e. The van der Waals surface area contributed by atoms with Crippen molar-refractivity contribution < 1.29 is 0 Å². The molecule has 0 aromatic carbocycles. The molecule has 0 saturated carbocycles. The number of hydrogen-bond acceptors (Lipinski definition) is 3. The molecule has 0 unspecified atom stereocenters. The Labute approximate surface area is 148 Å². The molecule has 2 rings (SSSR count). The van der Waals surface area contributed by atoms with Crippen molar-refractivity contribution in [2.75, 3.05) is 20.1 Å². The van der Waals surface area contributed by atoms with Gasteiger partial charge in [-0.2, -0.15) is 0 Å². The molecule has 24 heavy (non-hydrogen) atoms. The van der Waals surface area contributed by atoms with E-state index in [4.69, 9.17) is 16.6 Å². The normalized spacial score (nSPS) is 11.8. The largest absolute Gasteiger partial charge is 0.357 e. The van der Waals surface area contributed by atoms with Crippen LogP contribution in [-0.4, -0.2) is 50.3 Å². The standard InChI is InChI=1S/C16H26ClN7/c1-5-15-21-20-12-24(15)8-7-19-16(18-6-2)23(4)11-14-9-13(17)10-22(14)3/h9-10,12H,5-8,11H2,1-4H3,(H,18,19). The third kappa shape index (κ3) is 4.74. The van der Waals surface area contributed by atoms with Crippen molar-refractivity contribution in [2.45, 2.75) is 33.4 Å². The topological polar surface area (TPSA) is 63.3 Å². The highest BCUT2D eigenvalue weighted by Crippen LogP contribution is 2.14. The van der Waals surface area contributed by atoms with Gasteiger partial charge in [-0.15, -0.1) is 10.2 Å². The summed E-state index contributed by atoms with van der Waals surface area (Å²) in [4.78, 5) is 6.81. The number of nitrogens with zero attached hydrogens (tertiary/aromatic N) is 6. The molecule has 0 saturated heterocycles. The van der Waals surface area contributed by atoms with E-state index in [0.717, 1.165) is 48.6 Å². The lowest BCUT2D eigenvalue weighted by atomic mass is 10.4. The van der Waals surface area contributed by atoms with Crippen LogP contribution >= 0.6 is 11.6 Å². The SMILES string of the molecule is CCNC(=NCCn1cnnc1CC)N(C)Cc1cc(Cl)cn1C. The van der Waals surface area contributed by atoms with E-state index in [2.05, 4.69) is 34.3 Å². The first-order valence-electron chi connectivity index (χ1n) is 8.22. The van der Waals surface area contributed by atoms with Crippen LogP contribution < -0.4 is 5.32 Å². The summed E-state index contributed by atoms with van der Waals surface area (Å²) in [5.41, 5.74) is 1.14. The summed E-state index contributed by atoms with van der Waals surface area (Å²) in [6.07, 6.45) is 4.54. The van der Waals surface area contributed by atoms with E-state index in [1.54, 1.807) is 6.33 Å². The highest BCUT2D eigenvalue weighted by Gasteiger charge is 2.10. The van der Waals surface area contributed by atoms with Crippen molar-refractivity contribution in [3.8, 4) is 0 Å². The molecule has 0 aliphatic heterocycles. The number of hydrogen-bond donors (Lipinski definition) is 1. The smallest absolute Gasteiger partial charge is 0.194 e. The summed E-state index contributed by atoms with van der Waals surface area (Å²) in [5, 5.41) is 12.1. The monoisotopic (exact) mass is 351 g/mol. The fraction of sp³-hybridized carbons (Fsp3) is 0.562. The first-order chi connectivity index (χ1) is 11.5. The van der Waals surface area contributed by atoms with Gasteiger partial charge in [0.25, 0.3) is 0 Å². The van der Waals surface area contributed by atoms with Crippen LogP contribution in [0.1, 0.15) is 25.4 Å². The van der Waals surface area contributed by atoms with E-state index in [0.29, 0.717) is 6.54 Å². The van der Waals surface area contributed by atoms with Crippen LogP contribution in [0.4, 0.5) is 0 Å². The van der Waals surface area contributed by atoms with E-state index in [-0.39, 0.29) is 0 Å². The molecule has 0 atom stereocenters. The zero-order valence-corrected chi connectivity index (χ0v) is 15.6. The average Bonchev–Trinajstić information content (AvgIpc) is 3.12. The van der Waals surface area contributed by atoms with Gasteiger partial charge in [0.2, 0.25) is 0 Å². The minimum Gasteiger partial charge on any atom is -0.357 e. The predicted octanol–water partition coefficient (Wildman–Crippen LogP) is 1.93. The van der Waals surface area contributed by atoms with Gasteiger partial charge in [-0.3, -0.25) is 4.99 Å². The molecule has 0 amide bonds. The lowest BCUT2D eigenvalue weighted by molar-refractivity contribution is 0.461. The Bertz CT molecular complexity index is 674. The van der Waals surface area contributed by atoms with Crippen molar-refractivity contribution >= 4 is 17.6 Å². The summed E-state index contributed by atoms with van der Waals surface area (Å²) < 4.78 is 4.08. The van der Waals surface area contributed by atoms with Crippen LogP contribution in [0.25, 0.3) is 0 Å². The van der Waals surface area contributed by atoms with E-state index in [1.165, 1.54) is 0 Å². The number of aryl methyl sites for hydroxylation is 2. The number of nitrogens with one attached hydrogen (secondary N) is 1. The summed E-state index contributed by atoms with van der Waals surface area (Å²) in [5.74, 6) is 1.86. The molecule has 0 aliphatic rings. The van der Waals surface area contributed by atoms with E-state index in [9.17, 15) is 0 Å². The van der Waals surface area contributed by atoms with Gasteiger partial charge in [0.05, 0.1) is 18.1 Å². The number of aliphatic imine (C=N–C) groups is 1. The average molecular weight is 352 g/mol. The summed E-state index contributed by atoms with van der Waals surface area (Å²) in [7, 11) is 4.02. The zero-order valence-electron chi connectivity index (χ0n) is 14.8. The van der Waals surface area contributed by atoms with E-state index < -0.39 is 0 Å². The van der Waals surface area contributed by atoms with Gasteiger partial charge in [-0.1, -0.05) is 18.5 Å². The highest BCUT2D eigenvalue weighted by molar-refractivity contribution is 6.30. The second-order valence-corrected chi connectivity index (χ2v) is 6.08. The first-order valence-corrected chi connectivity index (χ1v) is 8.59. The Hall–Kier alpha value is -2.02. The second kappa shape index (κ2) is 8.73. The molecule has 0 bridgehead atoms. The van der Waals surface area contributed by atoms with Crippen LogP contribution in [0.3, 0.4) is 0 Å². The Balaban J connectivity index is 2.00. The van der Waals surface area contributed by atoms with Gasteiger partial charge in [0.1, 0.15) is 12.2 Å². The van der Waals surface area contributed by atoms with Crippen molar-refractivity contribution in [1.82, 2.24) is 29.5 Å². The maximum atomic E-state index is 6.06. The summed E-state index contributed by atoms with van der Waals surface area (Å²) in [6.45, 7) is 7.15. The predicted molar refractivity (Wildman–Crippen MR) is 97.3 cm³/mol. The van der Waals surface area contributed by atoms with Gasteiger partial charge in [0, 0.05) is 45.5 Å². The number of rotatable bonds is 7. The fourth-order valence-corrected chi connectivity index (χ4v) is 2.79. The molecular weight excluding hydrogens is 326 g/mol. The van der Waals surface area contributed by atoms with E-state index in [1.807, 2.05) is 35.5 Å². The van der Waals surface area contributed by atoms with Gasteiger partial charge in [-0.05, 0) is 13.0 Å². The molecule has 1 N–H and O–H groups in total. The van der Waals surface area contributed by atoms with Crippen LogP contribution in [0, 0.1) is 0 Å². The fourth-order valence-electron chi connectivity index (χ4n) is 2.51. The minimum atomic E-state index is 0.672. The molecule has 0 radical (unpaired) electrons. The van der Waals surface area contributed by atoms with Crippen LogP contribution in [0.15, 0.2) is 23.6 Å². The maximum absolute atomic E-state index is 6.06. The van der Waals surface area contributed by atoms with Crippen LogP contribution in [-0.2, 0) is 26.6 Å². The lowest BCUT2D eigenvalue weighted by Crippen LogP contribution is -2.39. The molecule has 0 spiro atoms. The lowest BCUT2D eigenvalue weighted by Gasteiger charge is -2.22. The summed E-state index contributed by atoms with van der Waals surface area (Å²) >= 11 is 6.06. The Morgan fingerprint density at radius 2 is 2.21 bits per heavy atom. The third-order valence-electron chi connectivity index (χ3n) is 3.78. The van der Waals surface area contributed by atoms with Crippen molar-refractivity contribution in [3.63, 3.8) is 0 Å². The highest BCUT2D eigenvalue weighted by atomic mass is 35.5. The molecule has 7 nitrogen and oxygen atoms in total. The Kier molecular flexibility index (Phi) is 6.66. The molecule has 8 heteroatoms. The van der Waals surface area contributed by atoms with Crippen molar-refractivity contribution in [2.24, 2.45) is 12.0 Å². The molecule has 0 aliphatic carbocycles. The molecule has 2 aromatic rings. The van der Waals surface area contributed by atoms with Crippen LogP contribution in [0.2, 0.25) is 5.02 Å². The zero-order chi connectivity index (χ0) is 17.5. The van der Waals surface area contributed by atoms with Gasteiger partial charge >= 0.3 is 0 Å². The minimum absolute atomic E-state index is 0.672. The molecule has 0 fully saturated rings. The van der Waals surface area contributed by atoms with Crippen molar-refractivity contribution in [3.05, 3.63) is 35.1 Å². The second-order valence-electron chi connectivity index (χ2n) is 5.65. The number of aromatic nitrogens is 4. The third-order valence-corrected chi connectivity index (χ3v) is 3.99. The van der Waals surface area contributed by atoms with Crippen LogP contribution in [0.5, 0.6) is 0 Å². The molecule has 132 valence electrons.